The zero-order valence-corrected chi connectivity index (χ0v) is 6.22. The summed E-state index contributed by atoms with van der Waals surface area (Å²) in [6.45, 7) is 7.72. The van der Waals surface area contributed by atoms with Gasteiger partial charge in [0, 0.05) is 0 Å². The second-order valence-electron chi connectivity index (χ2n) is 1.86. The van der Waals surface area contributed by atoms with Gasteiger partial charge in [-0.25, -0.2) is 0 Å². The first kappa shape index (κ1) is 8.22. The van der Waals surface area contributed by atoms with Crippen molar-refractivity contribution < 1.29 is 0 Å². The van der Waals surface area contributed by atoms with Crippen LogP contribution in [0.5, 0.6) is 0 Å². The highest BCUT2D eigenvalue weighted by Crippen LogP contribution is 2.02. The maximum absolute atomic E-state index is 3.66. The van der Waals surface area contributed by atoms with Crippen LogP contribution in [0, 0.1) is 0 Å². The SMILES string of the molecule is C=CCC(C=CC)=CC. The topological polar surface area (TPSA) is 0 Å². The summed E-state index contributed by atoms with van der Waals surface area (Å²) in [5.74, 6) is 0. The standard InChI is InChI=1S/C9H14/c1-4-7-9(6-3)8-5-2/h4-6,8H,1,7H2,2-3H3. The first-order valence-electron chi connectivity index (χ1n) is 3.24. The molecule has 0 aliphatic heterocycles. The second kappa shape index (κ2) is 5.36. The molecule has 0 saturated heterocycles. The van der Waals surface area contributed by atoms with E-state index in [1.807, 2.05) is 26.0 Å². The molecule has 0 fully saturated rings. The van der Waals surface area contributed by atoms with Gasteiger partial charge in [-0.05, 0) is 25.8 Å². The van der Waals surface area contributed by atoms with Crippen molar-refractivity contribution in [1.82, 2.24) is 0 Å². The summed E-state index contributed by atoms with van der Waals surface area (Å²) in [5, 5.41) is 0. The molecule has 0 nitrogen and oxygen atoms in total. The molecule has 0 unspecified atom stereocenters. The van der Waals surface area contributed by atoms with Crippen molar-refractivity contribution >= 4 is 0 Å². The van der Waals surface area contributed by atoms with Crippen LogP contribution in [0.1, 0.15) is 20.3 Å². The maximum Gasteiger partial charge on any atom is -0.0104 e. The zero-order chi connectivity index (χ0) is 7.11. The molecule has 0 aromatic heterocycles. The van der Waals surface area contributed by atoms with E-state index in [4.69, 9.17) is 0 Å². The molecule has 0 saturated carbocycles. The summed E-state index contributed by atoms with van der Waals surface area (Å²) in [4.78, 5) is 0. The minimum Gasteiger partial charge on any atom is -0.103 e. The molecular weight excluding hydrogens is 108 g/mol. The molecule has 0 aromatic rings. The van der Waals surface area contributed by atoms with Gasteiger partial charge in [0.25, 0.3) is 0 Å². The minimum atomic E-state index is 0.973. The molecule has 9 heavy (non-hydrogen) atoms. The van der Waals surface area contributed by atoms with E-state index in [9.17, 15) is 0 Å². The number of hydrogen-bond acceptors (Lipinski definition) is 0. The average Bonchev–Trinajstić information content (AvgIpc) is 1.88. The van der Waals surface area contributed by atoms with E-state index < -0.39 is 0 Å². The maximum atomic E-state index is 3.66. The molecular formula is C9H14. The normalized spacial score (nSPS) is 12.4. The van der Waals surface area contributed by atoms with Gasteiger partial charge >= 0.3 is 0 Å². The summed E-state index contributed by atoms with van der Waals surface area (Å²) < 4.78 is 0. The minimum absolute atomic E-state index is 0.973. The lowest BCUT2D eigenvalue weighted by molar-refractivity contribution is 1.27. The molecule has 0 aromatic carbocycles. The molecule has 0 amide bonds. The van der Waals surface area contributed by atoms with Gasteiger partial charge in [-0.2, -0.15) is 0 Å². The smallest absolute Gasteiger partial charge is 0.0104 e. The fraction of sp³-hybridized carbons (Fsp3) is 0.333. The summed E-state index contributed by atoms with van der Waals surface area (Å²) in [6, 6.07) is 0. The van der Waals surface area contributed by atoms with Crippen LogP contribution < -0.4 is 0 Å². The van der Waals surface area contributed by atoms with Crippen LogP contribution in [0.2, 0.25) is 0 Å². The summed E-state index contributed by atoms with van der Waals surface area (Å²) in [5.41, 5.74) is 1.33. The monoisotopic (exact) mass is 122 g/mol. The van der Waals surface area contributed by atoms with Crippen LogP contribution in [0.4, 0.5) is 0 Å². The summed E-state index contributed by atoms with van der Waals surface area (Å²) in [7, 11) is 0. The highest BCUT2D eigenvalue weighted by atomic mass is 13.9. The second-order valence-corrected chi connectivity index (χ2v) is 1.86. The molecule has 50 valence electrons. The van der Waals surface area contributed by atoms with Crippen LogP contribution in [-0.2, 0) is 0 Å². The number of hydrogen-bond donors (Lipinski definition) is 0. The van der Waals surface area contributed by atoms with Gasteiger partial charge in [0.1, 0.15) is 0 Å². The zero-order valence-electron chi connectivity index (χ0n) is 6.22. The Labute approximate surface area is 57.6 Å². The van der Waals surface area contributed by atoms with E-state index in [-0.39, 0.29) is 0 Å². The number of allylic oxidation sites excluding steroid dienone is 5. The molecule has 0 aliphatic rings. The van der Waals surface area contributed by atoms with Crippen LogP contribution >= 0.6 is 0 Å². The molecule has 0 spiro atoms. The van der Waals surface area contributed by atoms with Crippen LogP contribution in [0.3, 0.4) is 0 Å². The lowest BCUT2D eigenvalue weighted by Gasteiger charge is -1.91. The van der Waals surface area contributed by atoms with Gasteiger partial charge in [0.05, 0.1) is 0 Å². The Morgan fingerprint density at radius 1 is 1.44 bits per heavy atom. The molecule has 0 heteroatoms. The Balaban J connectivity index is 3.84. The van der Waals surface area contributed by atoms with E-state index in [0.29, 0.717) is 0 Å². The van der Waals surface area contributed by atoms with Gasteiger partial charge in [-0.15, -0.1) is 6.58 Å². The fourth-order valence-corrected chi connectivity index (χ4v) is 0.663. The highest BCUT2D eigenvalue weighted by molar-refractivity contribution is 5.19. The van der Waals surface area contributed by atoms with E-state index in [2.05, 4.69) is 18.7 Å². The Hall–Kier alpha value is -0.780. The van der Waals surface area contributed by atoms with Crippen LogP contribution in [0.15, 0.2) is 36.5 Å². The first-order chi connectivity index (χ1) is 4.35. The average molecular weight is 122 g/mol. The van der Waals surface area contributed by atoms with Crippen molar-refractivity contribution in [3.8, 4) is 0 Å². The van der Waals surface area contributed by atoms with Gasteiger partial charge in [-0.1, -0.05) is 24.3 Å². The van der Waals surface area contributed by atoms with Crippen molar-refractivity contribution in [2.24, 2.45) is 0 Å². The molecule has 0 aliphatic carbocycles. The Morgan fingerprint density at radius 3 is 2.44 bits per heavy atom. The molecule has 0 heterocycles. The lowest BCUT2D eigenvalue weighted by Crippen LogP contribution is -1.71. The van der Waals surface area contributed by atoms with Gasteiger partial charge in [-0.3, -0.25) is 0 Å². The van der Waals surface area contributed by atoms with Crippen LogP contribution in [-0.4, -0.2) is 0 Å². The molecule has 0 radical (unpaired) electrons. The summed E-state index contributed by atoms with van der Waals surface area (Å²) >= 11 is 0. The van der Waals surface area contributed by atoms with Gasteiger partial charge in [0.2, 0.25) is 0 Å². The largest absolute Gasteiger partial charge is 0.103 e. The van der Waals surface area contributed by atoms with E-state index in [0.717, 1.165) is 6.42 Å². The Morgan fingerprint density at radius 2 is 2.11 bits per heavy atom. The fourth-order valence-electron chi connectivity index (χ4n) is 0.663. The van der Waals surface area contributed by atoms with Gasteiger partial charge in [0.15, 0.2) is 0 Å². The Kier molecular flexibility index (Phi) is 4.89. The van der Waals surface area contributed by atoms with E-state index in [1.165, 1.54) is 5.57 Å². The van der Waals surface area contributed by atoms with Crippen molar-refractivity contribution in [3.05, 3.63) is 36.5 Å². The van der Waals surface area contributed by atoms with Crippen LogP contribution in [0.25, 0.3) is 0 Å². The summed E-state index contributed by atoms with van der Waals surface area (Å²) in [6.07, 6.45) is 9.12. The van der Waals surface area contributed by atoms with Crippen molar-refractivity contribution in [3.63, 3.8) is 0 Å². The van der Waals surface area contributed by atoms with E-state index in [1.54, 1.807) is 0 Å². The third-order valence-electron chi connectivity index (χ3n) is 1.13. The third-order valence-corrected chi connectivity index (χ3v) is 1.13. The molecule has 0 atom stereocenters. The predicted molar refractivity (Wildman–Crippen MR) is 43.4 cm³/mol. The predicted octanol–water partition coefficient (Wildman–Crippen LogP) is 3.08. The number of rotatable bonds is 3. The van der Waals surface area contributed by atoms with Gasteiger partial charge < -0.3 is 0 Å². The highest BCUT2D eigenvalue weighted by Gasteiger charge is 1.81. The van der Waals surface area contributed by atoms with Crippen molar-refractivity contribution in [1.29, 1.82) is 0 Å². The molecule has 0 rings (SSSR count). The Bertz CT molecular complexity index is 127. The molecule has 0 N–H and O–H groups in total. The quantitative estimate of drug-likeness (QED) is 0.398. The third kappa shape index (κ3) is 3.77. The van der Waals surface area contributed by atoms with E-state index >= 15 is 0 Å². The van der Waals surface area contributed by atoms with Crippen molar-refractivity contribution in [2.45, 2.75) is 20.3 Å². The van der Waals surface area contributed by atoms with Crippen molar-refractivity contribution in [2.75, 3.05) is 0 Å². The molecule has 0 bridgehead atoms. The first-order valence-corrected chi connectivity index (χ1v) is 3.24. The lowest BCUT2D eigenvalue weighted by atomic mass is 10.2.